The molecule has 19 heavy (non-hydrogen) atoms. The van der Waals surface area contributed by atoms with Gasteiger partial charge in [0.15, 0.2) is 0 Å². The molecule has 0 saturated carbocycles. The minimum atomic E-state index is 0.668. The minimum absolute atomic E-state index is 0.668. The molecule has 1 aromatic carbocycles. The number of ether oxygens (including phenoxy) is 1. The Morgan fingerprint density at radius 3 is 2.89 bits per heavy atom. The summed E-state index contributed by atoms with van der Waals surface area (Å²) >= 11 is 0. The Morgan fingerprint density at radius 2 is 2.16 bits per heavy atom. The van der Waals surface area contributed by atoms with Crippen LogP contribution in [0, 0.1) is 6.92 Å². The lowest BCUT2D eigenvalue weighted by atomic mass is 10.2. The number of benzene rings is 1. The quantitative estimate of drug-likeness (QED) is 0.865. The fourth-order valence-electron chi connectivity index (χ4n) is 2.02. The van der Waals surface area contributed by atoms with Crippen molar-refractivity contribution in [3.05, 3.63) is 42.0 Å². The topological polar surface area (TPSA) is 39.1 Å². The van der Waals surface area contributed by atoms with Crippen LogP contribution in [0.1, 0.15) is 25.2 Å². The molecule has 1 heterocycles. The van der Waals surface area contributed by atoms with Crippen LogP contribution >= 0.6 is 0 Å². The van der Waals surface area contributed by atoms with Crippen LogP contribution in [0.15, 0.2) is 30.6 Å². The molecule has 4 nitrogen and oxygen atoms in total. The Balaban J connectivity index is 2.10. The molecule has 0 aliphatic carbocycles. The van der Waals surface area contributed by atoms with Crippen LogP contribution in [0.4, 0.5) is 5.69 Å². The van der Waals surface area contributed by atoms with Crippen molar-refractivity contribution in [3.8, 4) is 5.75 Å². The van der Waals surface area contributed by atoms with Gasteiger partial charge in [0.25, 0.3) is 0 Å². The molecule has 1 N–H and O–H groups in total. The average molecular weight is 259 g/mol. The molecule has 0 aliphatic rings. The predicted octanol–water partition coefficient (Wildman–Crippen LogP) is 3.22. The predicted molar refractivity (Wildman–Crippen MR) is 77.6 cm³/mol. The number of aromatic nitrogens is 2. The summed E-state index contributed by atoms with van der Waals surface area (Å²) < 4.78 is 7.78. The average Bonchev–Trinajstić information content (AvgIpc) is 2.85. The molecule has 2 aromatic rings. The first-order valence-corrected chi connectivity index (χ1v) is 6.72. The standard InChI is InChI=1S/C15H21N3O/c1-4-18-9-8-16-15(18)11-17-13-7-6-12(3)10-14(13)19-5-2/h6-10,17H,4-5,11H2,1-3H3. The van der Waals surface area contributed by atoms with Gasteiger partial charge in [-0.2, -0.15) is 0 Å². The molecule has 2 rings (SSSR count). The van der Waals surface area contributed by atoms with Crippen LogP contribution in [0.5, 0.6) is 5.75 Å². The van der Waals surface area contributed by atoms with Gasteiger partial charge in [0, 0.05) is 18.9 Å². The number of nitrogens with zero attached hydrogens (tertiary/aromatic N) is 2. The van der Waals surface area contributed by atoms with Crippen molar-refractivity contribution in [3.63, 3.8) is 0 Å². The number of anilines is 1. The second kappa shape index (κ2) is 6.27. The Kier molecular flexibility index (Phi) is 4.44. The van der Waals surface area contributed by atoms with Crippen molar-refractivity contribution < 1.29 is 4.74 Å². The lowest BCUT2D eigenvalue weighted by Gasteiger charge is -2.13. The highest BCUT2D eigenvalue weighted by Crippen LogP contribution is 2.26. The molecule has 0 saturated heterocycles. The Bertz CT molecular complexity index is 534. The summed E-state index contributed by atoms with van der Waals surface area (Å²) in [4.78, 5) is 4.35. The molecular weight excluding hydrogens is 238 g/mol. The van der Waals surface area contributed by atoms with Crippen molar-refractivity contribution >= 4 is 5.69 Å². The van der Waals surface area contributed by atoms with Crippen LogP contribution < -0.4 is 10.1 Å². The van der Waals surface area contributed by atoms with Crippen molar-refractivity contribution in [2.75, 3.05) is 11.9 Å². The minimum Gasteiger partial charge on any atom is -0.492 e. The number of hydrogen-bond acceptors (Lipinski definition) is 3. The van der Waals surface area contributed by atoms with E-state index in [1.807, 2.05) is 19.3 Å². The normalized spacial score (nSPS) is 10.5. The van der Waals surface area contributed by atoms with Gasteiger partial charge >= 0.3 is 0 Å². The maximum atomic E-state index is 5.65. The van der Waals surface area contributed by atoms with E-state index >= 15 is 0 Å². The SMILES string of the molecule is CCOc1cc(C)ccc1NCc1nccn1CC. The van der Waals surface area contributed by atoms with Gasteiger partial charge in [0.1, 0.15) is 11.6 Å². The molecule has 0 unspecified atom stereocenters. The Hall–Kier alpha value is -1.97. The first-order valence-electron chi connectivity index (χ1n) is 6.72. The van der Waals surface area contributed by atoms with Crippen molar-refractivity contribution in [1.29, 1.82) is 0 Å². The third-order valence-electron chi connectivity index (χ3n) is 3.02. The van der Waals surface area contributed by atoms with E-state index in [4.69, 9.17) is 4.74 Å². The van der Waals surface area contributed by atoms with Crippen LogP contribution in [-0.2, 0) is 13.1 Å². The van der Waals surface area contributed by atoms with E-state index in [1.165, 1.54) is 5.56 Å². The van der Waals surface area contributed by atoms with E-state index in [-0.39, 0.29) is 0 Å². The maximum absolute atomic E-state index is 5.65. The summed E-state index contributed by atoms with van der Waals surface area (Å²) in [5.74, 6) is 1.93. The van der Waals surface area contributed by atoms with E-state index in [1.54, 1.807) is 0 Å². The molecule has 4 heteroatoms. The fourth-order valence-corrected chi connectivity index (χ4v) is 2.02. The van der Waals surface area contributed by atoms with Gasteiger partial charge < -0.3 is 14.6 Å². The van der Waals surface area contributed by atoms with E-state index in [0.29, 0.717) is 13.2 Å². The summed E-state index contributed by atoms with van der Waals surface area (Å²) in [6.45, 7) is 8.48. The third-order valence-corrected chi connectivity index (χ3v) is 3.02. The molecule has 0 aliphatic heterocycles. The largest absolute Gasteiger partial charge is 0.492 e. The molecule has 0 radical (unpaired) electrons. The lowest BCUT2D eigenvalue weighted by Crippen LogP contribution is -2.08. The maximum Gasteiger partial charge on any atom is 0.142 e. The van der Waals surface area contributed by atoms with E-state index in [0.717, 1.165) is 23.8 Å². The van der Waals surface area contributed by atoms with Crippen LogP contribution in [0.25, 0.3) is 0 Å². The summed E-state index contributed by atoms with van der Waals surface area (Å²) in [5, 5.41) is 3.39. The van der Waals surface area contributed by atoms with Crippen molar-refractivity contribution in [2.24, 2.45) is 0 Å². The molecule has 0 spiro atoms. The fraction of sp³-hybridized carbons (Fsp3) is 0.400. The molecule has 0 fully saturated rings. The van der Waals surface area contributed by atoms with Gasteiger partial charge in [0.2, 0.25) is 0 Å². The van der Waals surface area contributed by atoms with Crippen LogP contribution in [0.2, 0.25) is 0 Å². The number of aryl methyl sites for hydroxylation is 2. The van der Waals surface area contributed by atoms with Gasteiger partial charge in [-0.1, -0.05) is 6.07 Å². The van der Waals surface area contributed by atoms with E-state index in [2.05, 4.69) is 46.9 Å². The Labute approximate surface area is 114 Å². The lowest BCUT2D eigenvalue weighted by molar-refractivity contribution is 0.341. The van der Waals surface area contributed by atoms with Gasteiger partial charge in [-0.05, 0) is 38.5 Å². The summed E-state index contributed by atoms with van der Waals surface area (Å²) in [6.07, 6.45) is 3.83. The second-order valence-electron chi connectivity index (χ2n) is 4.42. The van der Waals surface area contributed by atoms with Crippen LogP contribution in [-0.4, -0.2) is 16.2 Å². The molecule has 0 atom stereocenters. The zero-order chi connectivity index (χ0) is 13.7. The van der Waals surface area contributed by atoms with Gasteiger partial charge in [-0.25, -0.2) is 4.98 Å². The van der Waals surface area contributed by atoms with E-state index < -0.39 is 0 Å². The zero-order valence-corrected chi connectivity index (χ0v) is 11.8. The smallest absolute Gasteiger partial charge is 0.142 e. The first-order chi connectivity index (χ1) is 9.24. The zero-order valence-electron chi connectivity index (χ0n) is 11.8. The number of nitrogens with one attached hydrogen (secondary N) is 1. The van der Waals surface area contributed by atoms with Gasteiger partial charge in [-0.15, -0.1) is 0 Å². The number of rotatable bonds is 6. The van der Waals surface area contributed by atoms with Gasteiger partial charge in [0.05, 0.1) is 18.8 Å². The highest BCUT2D eigenvalue weighted by Gasteiger charge is 2.05. The molecule has 0 amide bonds. The molecular formula is C15H21N3O. The number of imidazole rings is 1. The summed E-state index contributed by atoms with van der Waals surface area (Å²) in [5.41, 5.74) is 2.21. The van der Waals surface area contributed by atoms with Crippen LogP contribution in [0.3, 0.4) is 0 Å². The summed E-state index contributed by atoms with van der Waals surface area (Å²) in [6, 6.07) is 6.19. The molecule has 102 valence electrons. The monoisotopic (exact) mass is 259 g/mol. The number of hydrogen-bond donors (Lipinski definition) is 1. The molecule has 1 aromatic heterocycles. The Morgan fingerprint density at radius 1 is 1.32 bits per heavy atom. The van der Waals surface area contributed by atoms with Gasteiger partial charge in [-0.3, -0.25) is 0 Å². The third kappa shape index (κ3) is 3.28. The highest BCUT2D eigenvalue weighted by atomic mass is 16.5. The van der Waals surface area contributed by atoms with E-state index in [9.17, 15) is 0 Å². The van der Waals surface area contributed by atoms with Crippen molar-refractivity contribution in [1.82, 2.24) is 9.55 Å². The van der Waals surface area contributed by atoms with Crippen molar-refractivity contribution in [2.45, 2.75) is 33.9 Å². The molecule has 0 bridgehead atoms. The first kappa shape index (κ1) is 13.5. The highest BCUT2D eigenvalue weighted by molar-refractivity contribution is 5.57. The summed E-state index contributed by atoms with van der Waals surface area (Å²) in [7, 11) is 0. The second-order valence-corrected chi connectivity index (χ2v) is 4.42.